The van der Waals surface area contributed by atoms with Crippen molar-refractivity contribution in [1.82, 2.24) is 0 Å². The monoisotopic (exact) mass is 344 g/mol. The van der Waals surface area contributed by atoms with Crippen LogP contribution in [0, 0.1) is 0 Å². The van der Waals surface area contributed by atoms with Gasteiger partial charge in [0.2, 0.25) is 0 Å². The summed E-state index contributed by atoms with van der Waals surface area (Å²) >= 11 is 0. The van der Waals surface area contributed by atoms with Crippen LogP contribution in [0.2, 0.25) is 0 Å². The van der Waals surface area contributed by atoms with E-state index in [1.165, 1.54) is 51.2 Å². The molecular formula is C20H40O4. The maximum absolute atomic E-state index is 5.96. The zero-order valence-corrected chi connectivity index (χ0v) is 16.7. The number of ether oxygens (including phenoxy) is 4. The van der Waals surface area contributed by atoms with E-state index in [2.05, 4.69) is 20.4 Å². The second kappa shape index (κ2) is 13.7. The van der Waals surface area contributed by atoms with Crippen molar-refractivity contribution in [3.63, 3.8) is 0 Å². The zero-order valence-electron chi connectivity index (χ0n) is 16.7. The predicted octanol–water partition coefficient (Wildman–Crippen LogP) is 5.81. The predicted molar refractivity (Wildman–Crippen MR) is 99.9 cm³/mol. The Bertz CT molecular complexity index is 294. The molecule has 0 aromatic heterocycles. The smallest absolute Gasteiger partial charge is 0.324 e. The minimum Gasteiger partial charge on any atom is -0.487 e. The third kappa shape index (κ3) is 6.73. The van der Waals surface area contributed by atoms with Crippen LogP contribution in [0.5, 0.6) is 0 Å². The normalized spacial score (nSPS) is 14.4. The molecule has 4 nitrogen and oxygen atoms in total. The van der Waals surface area contributed by atoms with Gasteiger partial charge >= 0.3 is 5.97 Å². The average molecular weight is 345 g/mol. The van der Waals surface area contributed by atoms with Gasteiger partial charge in [0.05, 0.1) is 6.26 Å². The van der Waals surface area contributed by atoms with Crippen LogP contribution in [0.1, 0.15) is 84.5 Å². The van der Waals surface area contributed by atoms with E-state index < -0.39 is 11.6 Å². The van der Waals surface area contributed by atoms with E-state index in [1.54, 1.807) is 21.3 Å². The Hall–Kier alpha value is -0.580. The molecule has 1 unspecified atom stereocenters. The summed E-state index contributed by atoms with van der Waals surface area (Å²) in [5.41, 5.74) is -0.677. The number of methoxy groups -OCH3 is 3. The van der Waals surface area contributed by atoms with Gasteiger partial charge in [-0.3, -0.25) is 0 Å². The van der Waals surface area contributed by atoms with Crippen molar-refractivity contribution in [2.24, 2.45) is 0 Å². The first-order valence-electron chi connectivity index (χ1n) is 9.56. The molecule has 1 atom stereocenters. The van der Waals surface area contributed by atoms with Crippen LogP contribution in [-0.4, -0.2) is 32.9 Å². The molecule has 0 spiro atoms. The van der Waals surface area contributed by atoms with Crippen molar-refractivity contribution < 1.29 is 18.9 Å². The fourth-order valence-electron chi connectivity index (χ4n) is 3.54. The molecule has 0 amide bonds. The molecule has 0 fully saturated rings. The summed E-state index contributed by atoms with van der Waals surface area (Å²) in [5.74, 6) is -1.21. The Morgan fingerprint density at radius 3 is 1.62 bits per heavy atom. The summed E-state index contributed by atoms with van der Waals surface area (Å²) in [6, 6.07) is 0. The van der Waals surface area contributed by atoms with Crippen LogP contribution in [-0.2, 0) is 18.9 Å². The molecule has 0 bridgehead atoms. The zero-order chi connectivity index (χ0) is 18.3. The van der Waals surface area contributed by atoms with E-state index in [9.17, 15) is 0 Å². The fraction of sp³-hybridized carbons (Fsp3) is 0.900. The lowest BCUT2D eigenvalue weighted by Gasteiger charge is -2.45. The molecule has 0 aliphatic heterocycles. The molecule has 0 aromatic rings. The van der Waals surface area contributed by atoms with Gasteiger partial charge in [0.25, 0.3) is 0 Å². The largest absolute Gasteiger partial charge is 0.487 e. The second-order valence-corrected chi connectivity index (χ2v) is 6.42. The summed E-state index contributed by atoms with van der Waals surface area (Å²) < 4.78 is 22.8. The molecule has 144 valence electrons. The summed E-state index contributed by atoms with van der Waals surface area (Å²) in [7, 11) is 4.78. The molecule has 0 aliphatic rings. The fourth-order valence-corrected chi connectivity index (χ4v) is 3.54. The Labute approximate surface area is 149 Å². The minimum atomic E-state index is -1.21. The Morgan fingerprint density at radius 1 is 0.708 bits per heavy atom. The number of hydrogen-bond acceptors (Lipinski definition) is 4. The highest BCUT2D eigenvalue weighted by Crippen LogP contribution is 2.40. The van der Waals surface area contributed by atoms with Crippen LogP contribution in [0.4, 0.5) is 0 Å². The van der Waals surface area contributed by atoms with E-state index in [1.807, 2.05) is 0 Å². The first-order valence-corrected chi connectivity index (χ1v) is 9.56. The summed E-state index contributed by atoms with van der Waals surface area (Å²) in [5, 5.41) is 0. The number of hydrogen-bond donors (Lipinski definition) is 0. The maximum atomic E-state index is 5.96. The molecular weight excluding hydrogens is 304 g/mol. The van der Waals surface area contributed by atoms with Crippen LogP contribution in [0.25, 0.3) is 0 Å². The van der Waals surface area contributed by atoms with Gasteiger partial charge in [-0.25, -0.2) is 0 Å². The van der Waals surface area contributed by atoms with Crippen LogP contribution >= 0.6 is 0 Å². The van der Waals surface area contributed by atoms with Gasteiger partial charge in [0.1, 0.15) is 0 Å². The molecule has 24 heavy (non-hydrogen) atoms. The molecule has 0 rings (SSSR count). The minimum absolute atomic E-state index is 0.677. The molecule has 0 heterocycles. The van der Waals surface area contributed by atoms with Crippen LogP contribution in [0.3, 0.4) is 0 Å². The van der Waals surface area contributed by atoms with E-state index in [0.717, 1.165) is 25.7 Å². The van der Waals surface area contributed by atoms with Crippen molar-refractivity contribution in [2.75, 3.05) is 21.3 Å². The first-order chi connectivity index (χ1) is 11.6. The van der Waals surface area contributed by atoms with Gasteiger partial charge in [-0.2, -0.15) is 0 Å². The molecule has 0 N–H and O–H groups in total. The molecule has 4 heteroatoms. The average Bonchev–Trinajstić information content (AvgIpc) is 2.59. The van der Waals surface area contributed by atoms with E-state index >= 15 is 0 Å². The highest BCUT2D eigenvalue weighted by molar-refractivity contribution is 4.92. The van der Waals surface area contributed by atoms with Crippen molar-refractivity contribution in [3.05, 3.63) is 12.8 Å². The Balaban J connectivity index is 4.69. The molecule has 0 saturated heterocycles. The van der Waals surface area contributed by atoms with Gasteiger partial charge in [-0.05, 0) is 19.3 Å². The van der Waals surface area contributed by atoms with E-state index in [0.29, 0.717) is 0 Å². The number of rotatable bonds is 17. The second-order valence-electron chi connectivity index (χ2n) is 6.42. The maximum Gasteiger partial charge on any atom is 0.324 e. The van der Waals surface area contributed by atoms with Gasteiger partial charge in [-0.1, -0.05) is 71.8 Å². The van der Waals surface area contributed by atoms with Gasteiger partial charge in [-0.15, -0.1) is 0 Å². The van der Waals surface area contributed by atoms with Gasteiger partial charge in [0.15, 0.2) is 5.60 Å². The molecule has 0 saturated carbocycles. The van der Waals surface area contributed by atoms with Gasteiger partial charge in [0, 0.05) is 21.3 Å². The van der Waals surface area contributed by atoms with E-state index in [4.69, 9.17) is 18.9 Å². The Morgan fingerprint density at radius 2 is 1.21 bits per heavy atom. The van der Waals surface area contributed by atoms with Crippen molar-refractivity contribution in [3.8, 4) is 0 Å². The quantitative estimate of drug-likeness (QED) is 0.189. The SMILES string of the molecule is C=COC(CCC)(CCCCCCCCCC)C(OC)(OC)OC. The lowest BCUT2D eigenvalue weighted by molar-refractivity contribution is -0.422. The van der Waals surface area contributed by atoms with E-state index in [-0.39, 0.29) is 0 Å². The third-order valence-electron chi connectivity index (χ3n) is 4.76. The lowest BCUT2D eigenvalue weighted by atomic mass is 9.87. The summed E-state index contributed by atoms with van der Waals surface area (Å²) in [6.07, 6.45) is 14.2. The summed E-state index contributed by atoms with van der Waals surface area (Å²) in [6.45, 7) is 8.12. The lowest BCUT2D eigenvalue weighted by Crippen LogP contribution is -2.59. The first kappa shape index (κ1) is 23.4. The molecule has 0 radical (unpaired) electrons. The highest BCUT2D eigenvalue weighted by atomic mass is 16.9. The van der Waals surface area contributed by atoms with Gasteiger partial charge < -0.3 is 18.9 Å². The number of unbranched alkanes of at least 4 members (excludes halogenated alkanes) is 7. The Kier molecular flexibility index (Phi) is 13.4. The third-order valence-corrected chi connectivity index (χ3v) is 4.76. The van der Waals surface area contributed by atoms with Crippen molar-refractivity contribution in [2.45, 2.75) is 96.1 Å². The highest BCUT2D eigenvalue weighted by Gasteiger charge is 2.55. The topological polar surface area (TPSA) is 36.9 Å². The van der Waals surface area contributed by atoms with Crippen LogP contribution < -0.4 is 0 Å². The molecule has 0 aliphatic carbocycles. The van der Waals surface area contributed by atoms with Crippen molar-refractivity contribution >= 4 is 0 Å². The van der Waals surface area contributed by atoms with Crippen molar-refractivity contribution in [1.29, 1.82) is 0 Å². The summed E-state index contributed by atoms with van der Waals surface area (Å²) in [4.78, 5) is 0. The van der Waals surface area contributed by atoms with Crippen LogP contribution in [0.15, 0.2) is 12.8 Å². The molecule has 0 aromatic carbocycles. The standard InChI is InChI=1S/C20H40O4/c1-7-10-11-12-13-14-15-16-18-19(17-8-2,24-9-3)20(21-4,22-5)23-6/h9H,3,7-8,10-18H2,1-2,4-6H3.